The molecule has 7 N–H and O–H groups in total. The Morgan fingerprint density at radius 1 is 1.11 bits per heavy atom. The summed E-state index contributed by atoms with van der Waals surface area (Å²) in [6, 6.07) is -1.82. The second kappa shape index (κ2) is 9.54. The van der Waals surface area contributed by atoms with Gasteiger partial charge in [-0.1, -0.05) is 0 Å². The summed E-state index contributed by atoms with van der Waals surface area (Å²) in [5.41, 5.74) is 5.98. The van der Waals surface area contributed by atoms with Crippen LogP contribution in [0, 0.1) is 0 Å². The van der Waals surface area contributed by atoms with E-state index in [2.05, 4.69) is 5.32 Å². The maximum Gasteiger partial charge on any atom is 0.217 e. The molecule has 2 heterocycles. The third-order valence-electron chi connectivity index (χ3n) is 4.98. The zero-order chi connectivity index (χ0) is 20.3. The molecule has 2 aliphatic heterocycles. The predicted molar refractivity (Wildman–Crippen MR) is 90.4 cm³/mol. The van der Waals surface area contributed by atoms with Gasteiger partial charge in [0.1, 0.15) is 36.6 Å². The number of aliphatic hydroxyl groups is 4. The number of nitrogens with one attached hydrogen (secondary N) is 1. The van der Waals surface area contributed by atoms with Crippen LogP contribution in [0.2, 0.25) is 0 Å². The van der Waals surface area contributed by atoms with Crippen LogP contribution in [0.5, 0.6) is 0 Å². The molecule has 0 aromatic rings. The number of hydrogen-bond donors (Lipinski definition) is 6. The maximum absolute atomic E-state index is 11.4. The smallest absolute Gasteiger partial charge is 0.217 e. The molecular weight excluding hydrogens is 364 g/mol. The predicted octanol–water partition coefficient (Wildman–Crippen LogP) is -3.56. The van der Waals surface area contributed by atoms with Gasteiger partial charge in [0.2, 0.25) is 5.91 Å². The number of carbonyl (C=O) groups excluding carboxylic acids is 1. The summed E-state index contributed by atoms with van der Waals surface area (Å²) in [6.07, 6.45) is -7.93. The summed E-state index contributed by atoms with van der Waals surface area (Å²) < 4.78 is 22.1. The molecule has 2 rings (SSSR count). The number of amides is 1. The molecule has 0 radical (unpaired) electrons. The van der Waals surface area contributed by atoms with E-state index in [0.717, 1.165) is 0 Å². The molecule has 10 atom stereocenters. The highest BCUT2D eigenvalue weighted by Gasteiger charge is 2.49. The second-order valence-electron chi connectivity index (χ2n) is 6.87. The summed E-state index contributed by atoms with van der Waals surface area (Å²) in [5, 5.41) is 42.7. The molecule has 11 heteroatoms. The highest BCUT2D eigenvalue weighted by molar-refractivity contribution is 5.73. The van der Waals surface area contributed by atoms with Gasteiger partial charge in [0.05, 0.1) is 31.4 Å². The first kappa shape index (κ1) is 22.4. The first-order chi connectivity index (χ1) is 12.7. The standard InChI is InChI=1S/C16H30N2O9/c1-6-11(18-7(2)21)13(23)15(9(5-20)25-6)27-16-10(17)12(22)14(24-3)8(4-19)26-16/h6,8-16,19-20,22-23H,4-5,17H2,1-3H3,(H,18,21)/t6-,8?,9-,10?,11?,12+,13?,14+,15+,16?/m0/s1. The molecule has 2 aliphatic rings. The van der Waals surface area contributed by atoms with Crippen molar-refractivity contribution in [3.63, 3.8) is 0 Å². The zero-order valence-electron chi connectivity index (χ0n) is 15.6. The largest absolute Gasteiger partial charge is 0.394 e. The normalized spacial score (nSPS) is 45.5. The van der Waals surface area contributed by atoms with Crippen molar-refractivity contribution in [2.45, 2.75) is 74.9 Å². The van der Waals surface area contributed by atoms with E-state index < -0.39 is 74.3 Å². The molecule has 0 aliphatic carbocycles. The molecular formula is C16H30N2O9. The van der Waals surface area contributed by atoms with Crippen LogP contribution in [0.4, 0.5) is 0 Å². The Balaban J connectivity index is 2.17. The van der Waals surface area contributed by atoms with Gasteiger partial charge >= 0.3 is 0 Å². The summed E-state index contributed by atoms with van der Waals surface area (Å²) in [6.45, 7) is 2.06. The van der Waals surface area contributed by atoms with Crippen LogP contribution in [0.15, 0.2) is 0 Å². The number of ether oxygens (including phenoxy) is 4. The average molecular weight is 394 g/mol. The van der Waals surface area contributed by atoms with Gasteiger partial charge in [-0.25, -0.2) is 0 Å². The topological polar surface area (TPSA) is 173 Å². The molecule has 158 valence electrons. The molecule has 0 saturated carbocycles. The van der Waals surface area contributed by atoms with E-state index in [1.165, 1.54) is 14.0 Å². The van der Waals surface area contributed by atoms with Crippen molar-refractivity contribution < 1.29 is 44.2 Å². The molecule has 5 unspecified atom stereocenters. The van der Waals surface area contributed by atoms with Gasteiger partial charge < -0.3 is 50.4 Å². The Morgan fingerprint density at radius 2 is 1.70 bits per heavy atom. The molecule has 0 spiro atoms. The molecule has 0 aromatic heterocycles. The van der Waals surface area contributed by atoms with E-state index >= 15 is 0 Å². The van der Waals surface area contributed by atoms with Crippen molar-refractivity contribution in [1.29, 1.82) is 0 Å². The fourth-order valence-electron chi connectivity index (χ4n) is 3.55. The zero-order valence-corrected chi connectivity index (χ0v) is 15.6. The number of rotatable bonds is 6. The van der Waals surface area contributed by atoms with E-state index in [-0.39, 0.29) is 5.91 Å². The minimum absolute atomic E-state index is 0.361. The number of methoxy groups -OCH3 is 1. The van der Waals surface area contributed by atoms with Crippen LogP contribution in [-0.4, -0.2) is 108 Å². The Labute approximate surface area is 157 Å². The lowest BCUT2D eigenvalue weighted by Crippen LogP contribution is -2.68. The van der Waals surface area contributed by atoms with E-state index in [9.17, 15) is 25.2 Å². The van der Waals surface area contributed by atoms with Crippen LogP contribution in [0.1, 0.15) is 13.8 Å². The first-order valence-corrected chi connectivity index (χ1v) is 8.84. The Morgan fingerprint density at radius 3 is 2.22 bits per heavy atom. The second-order valence-corrected chi connectivity index (χ2v) is 6.87. The molecule has 1 amide bonds. The van der Waals surface area contributed by atoms with Crippen LogP contribution >= 0.6 is 0 Å². The van der Waals surface area contributed by atoms with Gasteiger partial charge in [0.15, 0.2) is 6.29 Å². The molecule has 2 fully saturated rings. The number of nitrogens with two attached hydrogens (primary N) is 1. The molecule has 2 saturated heterocycles. The molecule has 27 heavy (non-hydrogen) atoms. The minimum Gasteiger partial charge on any atom is -0.394 e. The van der Waals surface area contributed by atoms with Gasteiger partial charge in [0.25, 0.3) is 0 Å². The quantitative estimate of drug-likeness (QED) is 0.265. The van der Waals surface area contributed by atoms with E-state index in [4.69, 9.17) is 24.7 Å². The highest BCUT2D eigenvalue weighted by Crippen LogP contribution is 2.29. The lowest BCUT2D eigenvalue weighted by Gasteiger charge is -2.47. The number of carbonyl (C=O) groups is 1. The fourth-order valence-corrected chi connectivity index (χ4v) is 3.55. The average Bonchev–Trinajstić information content (AvgIpc) is 2.63. The van der Waals surface area contributed by atoms with Crippen molar-refractivity contribution in [2.75, 3.05) is 20.3 Å². The SMILES string of the molecule is CO[C@@H]1C(CO)OC(O[C@H]2C(O)C(NC(C)=O)[C@H](C)O[C@H]2CO)C(N)[C@H]1O. The van der Waals surface area contributed by atoms with Crippen molar-refractivity contribution in [2.24, 2.45) is 5.73 Å². The van der Waals surface area contributed by atoms with Crippen molar-refractivity contribution in [1.82, 2.24) is 5.32 Å². The van der Waals surface area contributed by atoms with Gasteiger partial charge in [-0.05, 0) is 6.92 Å². The number of hydrogen-bond acceptors (Lipinski definition) is 10. The summed E-state index contributed by atoms with van der Waals surface area (Å²) >= 11 is 0. The third kappa shape index (κ3) is 4.75. The van der Waals surface area contributed by atoms with Crippen LogP contribution in [0.25, 0.3) is 0 Å². The summed E-state index contributed by atoms with van der Waals surface area (Å²) in [5.74, 6) is -0.361. The van der Waals surface area contributed by atoms with E-state index in [1.54, 1.807) is 6.92 Å². The maximum atomic E-state index is 11.4. The Bertz CT molecular complexity index is 495. The van der Waals surface area contributed by atoms with Gasteiger partial charge in [-0.3, -0.25) is 4.79 Å². The van der Waals surface area contributed by atoms with Crippen molar-refractivity contribution in [3.05, 3.63) is 0 Å². The van der Waals surface area contributed by atoms with Crippen LogP contribution in [-0.2, 0) is 23.7 Å². The Kier molecular flexibility index (Phi) is 7.92. The van der Waals surface area contributed by atoms with Crippen molar-refractivity contribution >= 4 is 5.91 Å². The summed E-state index contributed by atoms with van der Waals surface area (Å²) in [4.78, 5) is 11.4. The van der Waals surface area contributed by atoms with Gasteiger partial charge in [-0.2, -0.15) is 0 Å². The van der Waals surface area contributed by atoms with Crippen LogP contribution < -0.4 is 11.1 Å². The molecule has 0 aromatic carbocycles. The number of aliphatic hydroxyl groups excluding tert-OH is 4. The monoisotopic (exact) mass is 394 g/mol. The summed E-state index contributed by atoms with van der Waals surface area (Å²) in [7, 11) is 1.35. The third-order valence-corrected chi connectivity index (χ3v) is 4.98. The van der Waals surface area contributed by atoms with Crippen molar-refractivity contribution in [3.8, 4) is 0 Å². The molecule has 11 nitrogen and oxygen atoms in total. The van der Waals surface area contributed by atoms with Gasteiger partial charge in [-0.15, -0.1) is 0 Å². The highest BCUT2D eigenvalue weighted by atomic mass is 16.7. The lowest BCUT2D eigenvalue weighted by atomic mass is 9.92. The molecule has 0 bridgehead atoms. The Hall–Kier alpha value is -0.890. The fraction of sp³-hybridized carbons (Fsp3) is 0.938. The van der Waals surface area contributed by atoms with Crippen LogP contribution in [0.3, 0.4) is 0 Å². The van der Waals surface area contributed by atoms with E-state index in [0.29, 0.717) is 0 Å². The lowest BCUT2D eigenvalue weighted by molar-refractivity contribution is -0.313. The van der Waals surface area contributed by atoms with E-state index in [1.807, 2.05) is 0 Å². The first-order valence-electron chi connectivity index (χ1n) is 8.84. The van der Waals surface area contributed by atoms with Gasteiger partial charge in [0, 0.05) is 14.0 Å². The minimum atomic E-state index is -1.23.